The van der Waals surface area contributed by atoms with Gasteiger partial charge in [-0.2, -0.15) is 4.31 Å². The highest BCUT2D eigenvalue weighted by Gasteiger charge is 2.31. The van der Waals surface area contributed by atoms with Crippen molar-refractivity contribution in [3.8, 4) is 0 Å². The third kappa shape index (κ3) is 5.26. The van der Waals surface area contributed by atoms with Crippen molar-refractivity contribution in [1.82, 2.24) is 9.03 Å². The van der Waals surface area contributed by atoms with E-state index in [4.69, 9.17) is 0 Å². The average Bonchev–Trinajstić information content (AvgIpc) is 3.28. The molecule has 0 aliphatic carbocycles. The molecule has 0 aromatic heterocycles. The first-order valence-electron chi connectivity index (χ1n) is 10.1. The Kier molecular flexibility index (Phi) is 7.18. The summed E-state index contributed by atoms with van der Waals surface area (Å²) in [4.78, 5) is 10.5. The van der Waals surface area contributed by atoms with Crippen LogP contribution in [-0.2, 0) is 20.0 Å². The van der Waals surface area contributed by atoms with E-state index in [-0.39, 0.29) is 34.3 Å². The minimum atomic E-state index is -3.92. The first-order valence-corrected chi connectivity index (χ1v) is 13.0. The molecule has 0 unspecified atom stereocenters. The second-order valence-corrected chi connectivity index (χ2v) is 11.3. The summed E-state index contributed by atoms with van der Waals surface area (Å²) in [5, 5.41) is 14.1. The van der Waals surface area contributed by atoms with Crippen molar-refractivity contribution in [2.45, 2.75) is 36.5 Å². The predicted octanol–water partition coefficient (Wildman–Crippen LogP) is 2.39. The molecule has 0 radical (unpaired) electrons. The molecular formula is C20H26N4O6S2. The summed E-state index contributed by atoms with van der Waals surface area (Å²) in [5.74, 6) is 0. The number of nitrogens with one attached hydrogen (secondary N) is 2. The molecule has 0 spiro atoms. The van der Waals surface area contributed by atoms with E-state index in [1.54, 1.807) is 26.0 Å². The van der Waals surface area contributed by atoms with Crippen molar-refractivity contribution in [1.29, 1.82) is 0 Å². The lowest BCUT2D eigenvalue weighted by Crippen LogP contribution is -2.31. The van der Waals surface area contributed by atoms with Gasteiger partial charge >= 0.3 is 0 Å². The molecule has 1 aliphatic heterocycles. The number of aryl methyl sites for hydroxylation is 2. The Morgan fingerprint density at radius 2 is 1.66 bits per heavy atom. The molecule has 0 atom stereocenters. The number of hydrogen-bond donors (Lipinski definition) is 2. The molecule has 32 heavy (non-hydrogen) atoms. The molecule has 2 aromatic rings. The van der Waals surface area contributed by atoms with Gasteiger partial charge in [-0.05, 0) is 49.9 Å². The molecular weight excluding hydrogens is 456 g/mol. The summed E-state index contributed by atoms with van der Waals surface area (Å²) in [5.41, 5.74) is 1.29. The zero-order chi connectivity index (χ0) is 23.5. The van der Waals surface area contributed by atoms with Crippen LogP contribution in [0.4, 0.5) is 11.4 Å². The highest BCUT2D eigenvalue weighted by molar-refractivity contribution is 7.89. The Balaban J connectivity index is 1.76. The van der Waals surface area contributed by atoms with Gasteiger partial charge in [0.1, 0.15) is 4.90 Å². The number of nitrogens with zero attached hydrogens (tertiary/aromatic N) is 2. The molecule has 2 aromatic carbocycles. The number of rotatable bonds is 9. The Morgan fingerprint density at radius 1 is 0.969 bits per heavy atom. The fraction of sp³-hybridized carbons (Fsp3) is 0.400. The van der Waals surface area contributed by atoms with Crippen molar-refractivity contribution < 1.29 is 21.8 Å². The zero-order valence-corrected chi connectivity index (χ0v) is 19.5. The summed E-state index contributed by atoms with van der Waals surface area (Å²) in [6.45, 7) is 4.32. The molecule has 2 N–H and O–H groups in total. The molecule has 12 heteroatoms. The number of nitro benzene ring substituents is 1. The van der Waals surface area contributed by atoms with Gasteiger partial charge in [-0.3, -0.25) is 10.1 Å². The predicted molar refractivity (Wildman–Crippen MR) is 121 cm³/mol. The molecule has 0 amide bonds. The standard InChI is InChI=1S/C20H26N4O6S2/c1-15-5-6-16(2)19(13-15)31(27,28)22-10-9-21-18-8-7-17(24(25)26)14-20(18)32(29,30)23-11-3-4-12-23/h5-8,13-14,21-22H,3-4,9-12H2,1-2H3. The van der Waals surface area contributed by atoms with E-state index in [1.807, 2.05) is 6.07 Å². The van der Waals surface area contributed by atoms with Gasteiger partial charge in [-0.25, -0.2) is 21.6 Å². The van der Waals surface area contributed by atoms with Gasteiger partial charge in [0.15, 0.2) is 0 Å². The molecule has 1 saturated heterocycles. The molecule has 174 valence electrons. The SMILES string of the molecule is Cc1ccc(C)c(S(=O)(=O)NCCNc2ccc([N+](=O)[O-])cc2S(=O)(=O)N2CCCC2)c1. The van der Waals surface area contributed by atoms with E-state index < -0.39 is 25.0 Å². The van der Waals surface area contributed by atoms with E-state index in [0.717, 1.165) is 24.5 Å². The molecule has 1 aliphatic rings. The third-order valence-corrected chi connectivity index (χ3v) is 8.77. The second-order valence-electron chi connectivity index (χ2n) is 7.64. The Hall–Kier alpha value is -2.54. The fourth-order valence-electron chi connectivity index (χ4n) is 3.51. The monoisotopic (exact) mass is 482 g/mol. The van der Waals surface area contributed by atoms with Crippen LogP contribution in [0.15, 0.2) is 46.2 Å². The first kappa shape index (κ1) is 24.1. The van der Waals surface area contributed by atoms with Gasteiger partial charge in [-0.15, -0.1) is 0 Å². The van der Waals surface area contributed by atoms with Crippen LogP contribution in [0.1, 0.15) is 24.0 Å². The molecule has 1 heterocycles. The van der Waals surface area contributed by atoms with Crippen LogP contribution in [0.2, 0.25) is 0 Å². The van der Waals surface area contributed by atoms with Crippen LogP contribution in [0, 0.1) is 24.0 Å². The maximum Gasteiger partial charge on any atom is 0.270 e. The minimum absolute atomic E-state index is 0.00406. The number of hydrogen-bond acceptors (Lipinski definition) is 7. The fourth-order valence-corrected chi connectivity index (χ4v) is 6.57. The summed E-state index contributed by atoms with van der Waals surface area (Å²) < 4.78 is 55.1. The number of sulfonamides is 2. The maximum atomic E-state index is 13.0. The number of benzene rings is 2. The van der Waals surface area contributed by atoms with Gasteiger partial charge in [0, 0.05) is 38.3 Å². The molecule has 0 saturated carbocycles. The Morgan fingerprint density at radius 3 is 2.31 bits per heavy atom. The van der Waals surface area contributed by atoms with Crippen LogP contribution in [0.3, 0.4) is 0 Å². The normalized spacial score (nSPS) is 15.1. The van der Waals surface area contributed by atoms with Crippen LogP contribution in [0.25, 0.3) is 0 Å². The van der Waals surface area contributed by atoms with Crippen LogP contribution in [-0.4, -0.2) is 52.2 Å². The minimum Gasteiger partial charge on any atom is -0.383 e. The average molecular weight is 483 g/mol. The topological polar surface area (TPSA) is 139 Å². The summed E-state index contributed by atoms with van der Waals surface area (Å²) in [6, 6.07) is 8.73. The van der Waals surface area contributed by atoms with Gasteiger partial charge in [-0.1, -0.05) is 12.1 Å². The number of anilines is 1. The smallest absolute Gasteiger partial charge is 0.270 e. The van der Waals surface area contributed by atoms with Crippen molar-refractivity contribution in [2.24, 2.45) is 0 Å². The molecule has 3 rings (SSSR count). The Bertz CT molecular complexity index is 1220. The summed E-state index contributed by atoms with van der Waals surface area (Å²) in [6.07, 6.45) is 1.47. The molecule has 1 fully saturated rings. The first-order chi connectivity index (χ1) is 15.0. The molecule has 0 bridgehead atoms. The summed E-state index contributed by atoms with van der Waals surface area (Å²) >= 11 is 0. The van der Waals surface area contributed by atoms with E-state index in [1.165, 1.54) is 16.4 Å². The maximum absolute atomic E-state index is 13.0. The van der Waals surface area contributed by atoms with E-state index >= 15 is 0 Å². The van der Waals surface area contributed by atoms with Gasteiger partial charge in [0.05, 0.1) is 15.5 Å². The van der Waals surface area contributed by atoms with E-state index in [0.29, 0.717) is 18.7 Å². The van der Waals surface area contributed by atoms with Gasteiger partial charge in [0.25, 0.3) is 5.69 Å². The lowest BCUT2D eigenvalue weighted by atomic mass is 10.2. The van der Waals surface area contributed by atoms with Crippen molar-refractivity contribution in [3.63, 3.8) is 0 Å². The Labute approximate surface area is 187 Å². The lowest BCUT2D eigenvalue weighted by Gasteiger charge is -2.19. The van der Waals surface area contributed by atoms with Crippen LogP contribution < -0.4 is 10.0 Å². The quantitative estimate of drug-likeness (QED) is 0.318. The third-order valence-electron chi connectivity index (χ3n) is 5.22. The van der Waals surface area contributed by atoms with E-state index in [2.05, 4.69) is 10.0 Å². The molecule has 10 nitrogen and oxygen atoms in total. The summed E-state index contributed by atoms with van der Waals surface area (Å²) in [7, 11) is -7.66. The van der Waals surface area contributed by atoms with Gasteiger partial charge < -0.3 is 5.32 Å². The van der Waals surface area contributed by atoms with Crippen molar-refractivity contribution >= 4 is 31.4 Å². The van der Waals surface area contributed by atoms with Crippen molar-refractivity contribution in [2.75, 3.05) is 31.5 Å². The highest BCUT2D eigenvalue weighted by atomic mass is 32.2. The van der Waals surface area contributed by atoms with Crippen LogP contribution in [0.5, 0.6) is 0 Å². The largest absolute Gasteiger partial charge is 0.383 e. The van der Waals surface area contributed by atoms with Crippen molar-refractivity contribution in [3.05, 3.63) is 57.6 Å². The highest BCUT2D eigenvalue weighted by Crippen LogP contribution is 2.30. The second kappa shape index (κ2) is 9.53. The van der Waals surface area contributed by atoms with Gasteiger partial charge in [0.2, 0.25) is 20.0 Å². The zero-order valence-electron chi connectivity index (χ0n) is 17.9. The van der Waals surface area contributed by atoms with Crippen LogP contribution >= 0.6 is 0 Å². The lowest BCUT2D eigenvalue weighted by molar-refractivity contribution is -0.385. The number of nitro groups is 1. The van der Waals surface area contributed by atoms with E-state index in [9.17, 15) is 26.9 Å². The number of non-ortho nitro benzene ring substituents is 1.